The number of hydrogen-bond donors (Lipinski definition) is 1. The second-order valence-corrected chi connectivity index (χ2v) is 8.52. The summed E-state index contributed by atoms with van der Waals surface area (Å²) < 4.78 is 28.4. The van der Waals surface area contributed by atoms with Crippen LogP contribution in [-0.2, 0) is 23.0 Å². The molecule has 142 valence electrons. The molecule has 0 saturated carbocycles. The Bertz CT molecular complexity index is 1100. The van der Waals surface area contributed by atoms with E-state index in [4.69, 9.17) is 0 Å². The normalized spacial score (nSPS) is 13.5. The van der Waals surface area contributed by atoms with E-state index in [1.807, 2.05) is 48.5 Å². The van der Waals surface area contributed by atoms with E-state index in [0.29, 0.717) is 24.2 Å². The summed E-state index contributed by atoms with van der Waals surface area (Å²) in [4.78, 5) is 12.3. The fourth-order valence-corrected chi connectivity index (χ4v) is 4.82. The highest BCUT2D eigenvalue weighted by Crippen LogP contribution is 2.28. The van der Waals surface area contributed by atoms with Gasteiger partial charge in [0.05, 0.1) is 17.1 Å². The summed E-state index contributed by atoms with van der Waals surface area (Å²) in [6.45, 7) is 0.776. The average molecular weight is 392 g/mol. The van der Waals surface area contributed by atoms with Crippen LogP contribution in [0.4, 0.5) is 5.69 Å². The minimum Gasteiger partial charge on any atom is -0.352 e. The van der Waals surface area contributed by atoms with E-state index in [0.717, 1.165) is 11.1 Å². The van der Waals surface area contributed by atoms with E-state index < -0.39 is 10.0 Å². The molecule has 1 amide bonds. The lowest BCUT2D eigenvalue weighted by molar-refractivity contribution is 0.0945. The molecule has 0 radical (unpaired) electrons. The molecule has 0 aliphatic carbocycles. The number of hydrogen-bond acceptors (Lipinski definition) is 3. The molecular formula is C22H20N2O3S. The number of nitrogens with zero attached hydrogens (tertiary/aromatic N) is 1. The van der Waals surface area contributed by atoms with Crippen LogP contribution in [-0.4, -0.2) is 20.9 Å². The zero-order chi connectivity index (χ0) is 19.6. The third-order valence-electron chi connectivity index (χ3n) is 4.81. The Hall–Kier alpha value is -3.12. The number of carbonyl (C=O) groups is 1. The molecule has 0 bridgehead atoms. The number of amides is 1. The quantitative estimate of drug-likeness (QED) is 0.724. The lowest BCUT2D eigenvalue weighted by atomic mass is 10.0. The monoisotopic (exact) mass is 392 g/mol. The summed E-state index contributed by atoms with van der Waals surface area (Å²) in [6, 6.07) is 23.3. The molecule has 3 aromatic rings. The summed E-state index contributed by atoms with van der Waals surface area (Å²) in [5.41, 5.74) is 2.76. The molecule has 0 saturated heterocycles. The molecule has 0 aromatic heterocycles. The lowest BCUT2D eigenvalue weighted by Gasteiger charge is -2.25. The van der Waals surface area contributed by atoms with Crippen molar-refractivity contribution in [2.24, 2.45) is 0 Å². The summed E-state index contributed by atoms with van der Waals surface area (Å²) in [6.07, 6.45) is 0.702. The number of fused-ring (bicyclic) bond motifs is 1. The first-order valence-corrected chi connectivity index (χ1v) is 10.5. The van der Waals surface area contributed by atoms with Gasteiger partial charge in [0.2, 0.25) is 0 Å². The van der Waals surface area contributed by atoms with E-state index in [-0.39, 0.29) is 17.3 Å². The summed E-state index contributed by atoms with van der Waals surface area (Å²) >= 11 is 0. The van der Waals surface area contributed by atoms with Gasteiger partial charge in [-0.05, 0) is 41.8 Å². The molecular weight excluding hydrogens is 372 g/mol. The van der Waals surface area contributed by atoms with Crippen molar-refractivity contribution in [2.45, 2.75) is 17.9 Å². The smallest absolute Gasteiger partial charge is 0.264 e. The Morgan fingerprint density at radius 2 is 1.57 bits per heavy atom. The van der Waals surface area contributed by atoms with Crippen LogP contribution in [0.15, 0.2) is 83.8 Å². The highest BCUT2D eigenvalue weighted by atomic mass is 32.2. The van der Waals surface area contributed by atoms with Gasteiger partial charge in [0.25, 0.3) is 15.9 Å². The van der Waals surface area contributed by atoms with Crippen molar-refractivity contribution in [3.63, 3.8) is 0 Å². The average Bonchev–Trinajstić information content (AvgIpc) is 2.73. The Labute approximate surface area is 164 Å². The molecule has 0 unspecified atom stereocenters. The Kier molecular flexibility index (Phi) is 4.88. The third-order valence-corrected chi connectivity index (χ3v) is 6.58. The van der Waals surface area contributed by atoms with Crippen molar-refractivity contribution in [3.05, 3.63) is 95.6 Å². The minimum atomic E-state index is -3.86. The van der Waals surface area contributed by atoms with E-state index in [9.17, 15) is 13.2 Å². The maximum absolute atomic E-state index is 13.5. The Morgan fingerprint density at radius 3 is 2.29 bits per heavy atom. The van der Waals surface area contributed by atoms with E-state index in [1.165, 1.54) is 10.4 Å². The lowest BCUT2D eigenvalue weighted by Crippen LogP contribution is -2.33. The number of benzene rings is 3. The molecule has 5 nitrogen and oxygen atoms in total. The van der Waals surface area contributed by atoms with Gasteiger partial charge in [0.1, 0.15) is 0 Å². The van der Waals surface area contributed by atoms with Gasteiger partial charge in [-0.3, -0.25) is 9.10 Å². The zero-order valence-corrected chi connectivity index (χ0v) is 16.0. The number of anilines is 1. The standard InChI is InChI=1S/C22H20N2O3S/c25-22-21-15-20(12-11-18(21)13-14-23-22)28(26,27)24(19-9-5-2-6-10-19)16-17-7-3-1-4-8-17/h1-12,15H,13-14,16H2,(H,23,25). The van der Waals surface area contributed by atoms with Crippen molar-refractivity contribution in [3.8, 4) is 0 Å². The molecule has 1 heterocycles. The summed E-state index contributed by atoms with van der Waals surface area (Å²) in [5, 5.41) is 2.77. The zero-order valence-electron chi connectivity index (χ0n) is 15.2. The minimum absolute atomic E-state index is 0.114. The van der Waals surface area contributed by atoms with Crippen molar-refractivity contribution in [1.29, 1.82) is 0 Å². The van der Waals surface area contributed by atoms with Crippen LogP contribution >= 0.6 is 0 Å². The number of sulfonamides is 1. The van der Waals surface area contributed by atoms with E-state index in [2.05, 4.69) is 5.32 Å². The molecule has 28 heavy (non-hydrogen) atoms. The maximum atomic E-state index is 13.5. The van der Waals surface area contributed by atoms with Crippen LogP contribution in [0.25, 0.3) is 0 Å². The first kappa shape index (κ1) is 18.3. The second kappa shape index (κ2) is 7.48. The number of carbonyl (C=O) groups excluding carboxylic acids is 1. The van der Waals surface area contributed by atoms with Gasteiger partial charge in [-0.15, -0.1) is 0 Å². The molecule has 1 aliphatic heterocycles. The topological polar surface area (TPSA) is 66.5 Å². The van der Waals surface area contributed by atoms with E-state index >= 15 is 0 Å². The van der Waals surface area contributed by atoms with Gasteiger partial charge in [-0.1, -0.05) is 54.6 Å². The molecule has 1 aliphatic rings. The van der Waals surface area contributed by atoms with Crippen LogP contribution < -0.4 is 9.62 Å². The highest BCUT2D eigenvalue weighted by Gasteiger charge is 2.27. The molecule has 0 fully saturated rings. The molecule has 0 spiro atoms. The summed E-state index contributed by atoms with van der Waals surface area (Å²) in [7, 11) is -3.86. The summed E-state index contributed by atoms with van der Waals surface area (Å²) in [5.74, 6) is -0.229. The van der Waals surface area contributed by atoms with Crippen molar-refractivity contribution >= 4 is 21.6 Å². The fraction of sp³-hybridized carbons (Fsp3) is 0.136. The molecule has 6 heteroatoms. The fourth-order valence-electron chi connectivity index (χ4n) is 3.34. The maximum Gasteiger partial charge on any atom is 0.264 e. The van der Waals surface area contributed by atoms with Crippen LogP contribution in [0.5, 0.6) is 0 Å². The largest absolute Gasteiger partial charge is 0.352 e. The van der Waals surface area contributed by atoms with Crippen LogP contribution in [0.1, 0.15) is 21.5 Å². The van der Waals surface area contributed by atoms with Crippen molar-refractivity contribution < 1.29 is 13.2 Å². The Morgan fingerprint density at radius 1 is 0.893 bits per heavy atom. The number of para-hydroxylation sites is 1. The van der Waals surface area contributed by atoms with Crippen LogP contribution in [0.2, 0.25) is 0 Å². The van der Waals surface area contributed by atoms with Gasteiger partial charge in [-0.25, -0.2) is 8.42 Å². The predicted octanol–water partition coefficient (Wildman–Crippen LogP) is 3.37. The predicted molar refractivity (Wildman–Crippen MR) is 109 cm³/mol. The van der Waals surface area contributed by atoms with Crippen molar-refractivity contribution in [2.75, 3.05) is 10.8 Å². The van der Waals surface area contributed by atoms with Crippen LogP contribution in [0, 0.1) is 0 Å². The SMILES string of the molecule is O=C1NCCc2ccc(S(=O)(=O)N(Cc3ccccc3)c3ccccc3)cc21. The molecule has 3 aromatic carbocycles. The van der Waals surface area contributed by atoms with Gasteiger partial charge in [-0.2, -0.15) is 0 Å². The molecule has 4 rings (SSSR count). The molecule has 0 atom stereocenters. The van der Waals surface area contributed by atoms with Gasteiger partial charge >= 0.3 is 0 Å². The molecule has 1 N–H and O–H groups in total. The first-order valence-electron chi connectivity index (χ1n) is 9.08. The highest BCUT2D eigenvalue weighted by molar-refractivity contribution is 7.92. The van der Waals surface area contributed by atoms with Gasteiger partial charge < -0.3 is 5.32 Å². The van der Waals surface area contributed by atoms with Gasteiger partial charge in [0.15, 0.2) is 0 Å². The number of rotatable bonds is 5. The Balaban J connectivity index is 1.79. The van der Waals surface area contributed by atoms with Gasteiger partial charge in [0, 0.05) is 12.1 Å². The third kappa shape index (κ3) is 3.51. The van der Waals surface area contributed by atoms with Crippen LogP contribution in [0.3, 0.4) is 0 Å². The van der Waals surface area contributed by atoms with E-state index in [1.54, 1.807) is 24.3 Å². The number of nitrogens with one attached hydrogen (secondary N) is 1. The second-order valence-electron chi connectivity index (χ2n) is 6.66. The first-order chi connectivity index (χ1) is 13.6. The van der Waals surface area contributed by atoms with Crippen molar-refractivity contribution in [1.82, 2.24) is 5.32 Å².